The van der Waals surface area contributed by atoms with Crippen LogP contribution in [0.1, 0.15) is 25.7 Å². The molecule has 8 nitrogen and oxygen atoms in total. The molecule has 1 aliphatic heterocycles. The molecule has 0 fully saturated rings. The molecule has 5 rings (SSSR count). The zero-order valence-corrected chi connectivity index (χ0v) is 17.8. The first-order valence-electron chi connectivity index (χ1n) is 9.56. The Morgan fingerprint density at radius 1 is 1.20 bits per heavy atom. The minimum Gasteiger partial charge on any atom is -0.454 e. The van der Waals surface area contributed by atoms with E-state index in [1.165, 1.54) is 23.1 Å². The highest BCUT2D eigenvalue weighted by atomic mass is 32.2. The van der Waals surface area contributed by atoms with Gasteiger partial charge in [0.15, 0.2) is 16.7 Å². The predicted molar refractivity (Wildman–Crippen MR) is 114 cm³/mol. The van der Waals surface area contributed by atoms with Crippen LogP contribution in [-0.4, -0.2) is 26.5 Å². The molecule has 0 bridgehead atoms. The molecule has 4 aromatic rings. The minimum absolute atomic E-state index is 0.0116. The van der Waals surface area contributed by atoms with E-state index in [1.54, 1.807) is 4.57 Å². The van der Waals surface area contributed by atoms with E-state index >= 15 is 0 Å². The Hall–Kier alpha value is -2.85. The maximum absolute atomic E-state index is 12.9. The number of unbranched alkanes of at least 4 members (excludes halogenated alkanes) is 1. The van der Waals surface area contributed by atoms with Gasteiger partial charge in [0.05, 0.1) is 11.3 Å². The number of ether oxygens (including phenoxy) is 2. The first-order valence-corrected chi connectivity index (χ1v) is 11.4. The summed E-state index contributed by atoms with van der Waals surface area (Å²) in [4.78, 5) is 22.0. The molecule has 4 heterocycles. The van der Waals surface area contributed by atoms with E-state index in [9.17, 15) is 4.79 Å². The molecular formula is C20H18N4O4S2. The van der Waals surface area contributed by atoms with Crippen molar-refractivity contribution in [2.45, 2.75) is 37.2 Å². The molecule has 0 N–H and O–H groups in total. The second-order valence-electron chi connectivity index (χ2n) is 6.71. The zero-order valence-electron chi connectivity index (χ0n) is 16.2. The molecule has 3 aromatic heterocycles. The maximum atomic E-state index is 12.9. The standard InChI is InChI=1S/C20H18N4O4S2/c1-2-3-7-24-19(25)17-13(6-8-29-17)21-20(24)30-10-16-22-18(23-28-16)12-4-5-14-15(9-12)27-11-26-14/h4-6,8-9H,2-3,7,10-11H2,1H3. The van der Waals surface area contributed by atoms with E-state index in [1.807, 2.05) is 29.6 Å². The lowest BCUT2D eigenvalue weighted by Crippen LogP contribution is -2.22. The summed E-state index contributed by atoms with van der Waals surface area (Å²) in [6.07, 6.45) is 1.92. The molecule has 10 heteroatoms. The van der Waals surface area contributed by atoms with Gasteiger partial charge in [0.1, 0.15) is 4.70 Å². The number of hydrogen-bond acceptors (Lipinski definition) is 9. The summed E-state index contributed by atoms with van der Waals surface area (Å²) in [5, 5.41) is 6.64. The number of nitrogens with zero attached hydrogens (tertiary/aromatic N) is 4. The molecule has 0 saturated carbocycles. The summed E-state index contributed by atoms with van der Waals surface area (Å²) >= 11 is 2.86. The maximum Gasteiger partial charge on any atom is 0.272 e. The molecular weight excluding hydrogens is 424 g/mol. The van der Waals surface area contributed by atoms with Crippen molar-refractivity contribution in [2.75, 3.05) is 6.79 Å². The van der Waals surface area contributed by atoms with Crippen LogP contribution >= 0.6 is 23.1 Å². The van der Waals surface area contributed by atoms with Gasteiger partial charge in [0.2, 0.25) is 18.5 Å². The van der Waals surface area contributed by atoms with E-state index in [4.69, 9.17) is 14.0 Å². The van der Waals surface area contributed by atoms with E-state index in [0.29, 0.717) is 45.4 Å². The summed E-state index contributed by atoms with van der Waals surface area (Å²) in [6, 6.07) is 7.40. The van der Waals surface area contributed by atoms with Crippen LogP contribution < -0.4 is 15.0 Å². The van der Waals surface area contributed by atoms with Crippen LogP contribution in [0.25, 0.3) is 21.6 Å². The lowest BCUT2D eigenvalue weighted by Gasteiger charge is -2.10. The Morgan fingerprint density at radius 3 is 3.00 bits per heavy atom. The highest BCUT2D eigenvalue weighted by Gasteiger charge is 2.18. The Morgan fingerprint density at radius 2 is 2.10 bits per heavy atom. The largest absolute Gasteiger partial charge is 0.454 e. The van der Waals surface area contributed by atoms with Crippen molar-refractivity contribution in [3.63, 3.8) is 0 Å². The molecule has 0 atom stereocenters. The van der Waals surface area contributed by atoms with Gasteiger partial charge in [-0.3, -0.25) is 9.36 Å². The van der Waals surface area contributed by atoms with Gasteiger partial charge < -0.3 is 14.0 Å². The Kier molecular flexibility index (Phi) is 5.17. The molecule has 0 radical (unpaired) electrons. The van der Waals surface area contributed by atoms with Crippen LogP contribution in [0, 0.1) is 0 Å². The van der Waals surface area contributed by atoms with E-state index in [2.05, 4.69) is 22.0 Å². The fourth-order valence-corrected chi connectivity index (χ4v) is 4.78. The zero-order chi connectivity index (χ0) is 20.5. The second-order valence-corrected chi connectivity index (χ2v) is 8.57. The average Bonchev–Trinajstić information content (AvgIpc) is 3.51. The van der Waals surface area contributed by atoms with Gasteiger partial charge in [0, 0.05) is 12.1 Å². The van der Waals surface area contributed by atoms with E-state index < -0.39 is 0 Å². The fraction of sp³-hybridized carbons (Fsp3) is 0.300. The summed E-state index contributed by atoms with van der Waals surface area (Å²) in [5.41, 5.74) is 1.53. The highest BCUT2D eigenvalue weighted by Crippen LogP contribution is 2.35. The van der Waals surface area contributed by atoms with Gasteiger partial charge in [-0.1, -0.05) is 30.3 Å². The molecule has 0 aliphatic carbocycles. The third-order valence-electron chi connectivity index (χ3n) is 4.69. The Labute approximate surface area is 179 Å². The molecule has 30 heavy (non-hydrogen) atoms. The monoisotopic (exact) mass is 442 g/mol. The quantitative estimate of drug-likeness (QED) is 0.308. The summed E-state index contributed by atoms with van der Waals surface area (Å²) in [5.74, 6) is 2.74. The second kappa shape index (κ2) is 8.11. The van der Waals surface area contributed by atoms with Crippen molar-refractivity contribution >= 4 is 33.3 Å². The first-order chi connectivity index (χ1) is 14.7. The SMILES string of the molecule is CCCCn1c(SCc2nc(-c3ccc4c(c3)OCO4)no2)nc2ccsc2c1=O. The van der Waals surface area contributed by atoms with Crippen molar-refractivity contribution < 1.29 is 14.0 Å². The third-order valence-corrected chi connectivity index (χ3v) is 6.54. The van der Waals surface area contributed by atoms with Crippen LogP contribution in [-0.2, 0) is 12.3 Å². The number of hydrogen-bond donors (Lipinski definition) is 0. The Balaban J connectivity index is 1.38. The van der Waals surface area contributed by atoms with Gasteiger partial charge >= 0.3 is 0 Å². The van der Waals surface area contributed by atoms with Crippen LogP contribution in [0.2, 0.25) is 0 Å². The first kappa shape index (κ1) is 19.1. The predicted octanol–water partition coefficient (Wildman–Crippen LogP) is 4.33. The van der Waals surface area contributed by atoms with E-state index in [-0.39, 0.29) is 12.4 Å². The van der Waals surface area contributed by atoms with Gasteiger partial charge in [-0.05, 0) is 36.1 Å². The number of thioether (sulfide) groups is 1. The van der Waals surface area contributed by atoms with E-state index in [0.717, 1.165) is 23.9 Å². The summed E-state index contributed by atoms with van der Waals surface area (Å²) in [7, 11) is 0. The van der Waals surface area contributed by atoms with Crippen molar-refractivity contribution in [1.82, 2.24) is 19.7 Å². The van der Waals surface area contributed by atoms with Crippen LogP contribution in [0.15, 0.2) is 44.1 Å². The number of rotatable bonds is 7. The Bertz CT molecular complexity index is 1260. The molecule has 0 unspecified atom stereocenters. The third kappa shape index (κ3) is 3.56. The van der Waals surface area contributed by atoms with Crippen molar-refractivity contribution in [3.8, 4) is 22.9 Å². The molecule has 0 amide bonds. The molecule has 1 aromatic carbocycles. The molecule has 1 aliphatic rings. The van der Waals surface area contributed by atoms with Gasteiger partial charge in [-0.2, -0.15) is 4.98 Å². The number of thiophene rings is 1. The summed E-state index contributed by atoms with van der Waals surface area (Å²) < 4.78 is 18.6. The topological polar surface area (TPSA) is 92.3 Å². The van der Waals surface area contributed by atoms with Crippen molar-refractivity contribution in [1.29, 1.82) is 0 Å². The lowest BCUT2D eigenvalue weighted by molar-refractivity contribution is 0.174. The van der Waals surface area contributed by atoms with Gasteiger partial charge in [-0.25, -0.2) is 4.98 Å². The highest BCUT2D eigenvalue weighted by molar-refractivity contribution is 7.98. The smallest absolute Gasteiger partial charge is 0.272 e. The molecule has 0 spiro atoms. The van der Waals surface area contributed by atoms with Gasteiger partial charge in [-0.15, -0.1) is 11.3 Å². The normalized spacial score (nSPS) is 12.7. The van der Waals surface area contributed by atoms with Gasteiger partial charge in [0.25, 0.3) is 5.56 Å². The molecule has 0 saturated heterocycles. The summed E-state index contributed by atoms with van der Waals surface area (Å²) in [6.45, 7) is 2.96. The van der Waals surface area contributed by atoms with Crippen LogP contribution in [0.4, 0.5) is 0 Å². The average molecular weight is 443 g/mol. The number of aromatic nitrogens is 4. The fourth-order valence-electron chi connectivity index (χ4n) is 3.14. The van der Waals surface area contributed by atoms with Crippen molar-refractivity contribution in [3.05, 3.63) is 45.9 Å². The molecule has 154 valence electrons. The lowest BCUT2D eigenvalue weighted by atomic mass is 10.2. The number of benzene rings is 1. The van der Waals surface area contributed by atoms with Crippen LogP contribution in [0.5, 0.6) is 11.5 Å². The number of fused-ring (bicyclic) bond motifs is 2. The minimum atomic E-state index is 0.0116. The van der Waals surface area contributed by atoms with Crippen molar-refractivity contribution in [2.24, 2.45) is 0 Å². The van der Waals surface area contributed by atoms with Crippen LogP contribution in [0.3, 0.4) is 0 Å².